The van der Waals surface area contributed by atoms with Crippen molar-refractivity contribution in [1.29, 1.82) is 0 Å². The van der Waals surface area contributed by atoms with E-state index in [-0.39, 0.29) is 18.6 Å². The zero-order valence-electron chi connectivity index (χ0n) is 7.50. The van der Waals surface area contributed by atoms with Gasteiger partial charge >= 0.3 is 0 Å². The first-order chi connectivity index (χ1) is 5.83. The van der Waals surface area contributed by atoms with Crippen LogP contribution in [0.4, 0.5) is 0 Å². The Bertz CT molecular complexity index is 146. The van der Waals surface area contributed by atoms with Crippen LogP contribution in [-0.2, 0) is 0 Å². The molecule has 0 heterocycles. The summed E-state index contributed by atoms with van der Waals surface area (Å²) in [6.07, 6.45) is 9.41. The van der Waals surface area contributed by atoms with Gasteiger partial charge < -0.3 is 10.2 Å². The predicted octanol–water partition coefficient (Wildman–Crippen LogP) is 1.48. The van der Waals surface area contributed by atoms with E-state index in [2.05, 4.69) is 12.2 Å². The van der Waals surface area contributed by atoms with E-state index < -0.39 is 0 Å². The van der Waals surface area contributed by atoms with E-state index in [0.717, 1.165) is 25.7 Å². The molecule has 0 aromatic rings. The first kappa shape index (κ1) is 9.75. The molecule has 0 saturated carbocycles. The summed E-state index contributed by atoms with van der Waals surface area (Å²) in [4.78, 5) is 0. The molecule has 2 nitrogen and oxygen atoms in total. The Morgan fingerprint density at radius 2 is 1.83 bits per heavy atom. The Balaban J connectivity index is 2.56. The molecular weight excluding hydrogens is 152 g/mol. The Morgan fingerprint density at radius 1 is 1.17 bits per heavy atom. The van der Waals surface area contributed by atoms with Gasteiger partial charge in [-0.2, -0.15) is 0 Å². The fraction of sp³-hybridized carbons (Fsp3) is 0.800. The second kappa shape index (κ2) is 4.63. The predicted molar refractivity (Wildman–Crippen MR) is 48.8 cm³/mol. The third-order valence-electron chi connectivity index (χ3n) is 2.74. The monoisotopic (exact) mass is 170 g/mol. The quantitative estimate of drug-likeness (QED) is 0.627. The molecule has 0 aliphatic heterocycles. The van der Waals surface area contributed by atoms with Crippen LogP contribution in [0.2, 0.25) is 0 Å². The molecule has 0 fully saturated rings. The van der Waals surface area contributed by atoms with E-state index in [4.69, 9.17) is 10.2 Å². The molecule has 1 aliphatic rings. The van der Waals surface area contributed by atoms with Crippen LogP contribution in [0.15, 0.2) is 12.2 Å². The third kappa shape index (κ3) is 2.32. The summed E-state index contributed by atoms with van der Waals surface area (Å²) in [6, 6.07) is 0. The van der Waals surface area contributed by atoms with Crippen LogP contribution < -0.4 is 0 Å². The highest BCUT2D eigenvalue weighted by molar-refractivity contribution is 5.03. The van der Waals surface area contributed by atoms with Crippen molar-refractivity contribution in [2.24, 2.45) is 5.41 Å². The van der Waals surface area contributed by atoms with Gasteiger partial charge in [0.1, 0.15) is 0 Å². The van der Waals surface area contributed by atoms with Crippen molar-refractivity contribution in [3.8, 4) is 0 Å². The summed E-state index contributed by atoms with van der Waals surface area (Å²) < 4.78 is 0. The molecule has 0 aromatic heterocycles. The van der Waals surface area contributed by atoms with Crippen molar-refractivity contribution in [1.82, 2.24) is 0 Å². The lowest BCUT2D eigenvalue weighted by Crippen LogP contribution is -2.23. The minimum Gasteiger partial charge on any atom is -0.396 e. The second-order valence-electron chi connectivity index (χ2n) is 3.60. The van der Waals surface area contributed by atoms with Gasteiger partial charge in [-0.25, -0.2) is 0 Å². The van der Waals surface area contributed by atoms with Crippen LogP contribution in [0.3, 0.4) is 0 Å². The van der Waals surface area contributed by atoms with Gasteiger partial charge in [-0.05, 0) is 37.5 Å². The molecule has 0 aromatic carbocycles. The number of aliphatic hydroxyl groups is 2. The molecular formula is C10H18O2. The maximum atomic E-state index is 8.89. The summed E-state index contributed by atoms with van der Waals surface area (Å²) in [6.45, 7) is 0.453. The molecule has 0 atom stereocenters. The fourth-order valence-electron chi connectivity index (χ4n) is 1.98. The van der Waals surface area contributed by atoms with Gasteiger partial charge in [0.25, 0.3) is 0 Å². The van der Waals surface area contributed by atoms with E-state index >= 15 is 0 Å². The van der Waals surface area contributed by atoms with Crippen LogP contribution in [-0.4, -0.2) is 23.4 Å². The van der Waals surface area contributed by atoms with Crippen LogP contribution in [0, 0.1) is 5.41 Å². The number of aliphatic hydroxyl groups excluding tert-OH is 2. The van der Waals surface area contributed by atoms with E-state index in [9.17, 15) is 0 Å². The van der Waals surface area contributed by atoms with Gasteiger partial charge in [-0.3, -0.25) is 0 Å². The molecule has 0 saturated heterocycles. The Kier molecular flexibility index (Phi) is 3.76. The smallest absolute Gasteiger partial charge is 0.0439 e. The summed E-state index contributed by atoms with van der Waals surface area (Å²) in [7, 11) is 0. The zero-order valence-corrected chi connectivity index (χ0v) is 7.50. The lowest BCUT2D eigenvalue weighted by Gasteiger charge is -2.32. The number of hydrogen-bond donors (Lipinski definition) is 2. The molecule has 1 aliphatic carbocycles. The van der Waals surface area contributed by atoms with Crippen molar-refractivity contribution < 1.29 is 10.2 Å². The van der Waals surface area contributed by atoms with Crippen molar-refractivity contribution in [2.45, 2.75) is 32.1 Å². The molecule has 12 heavy (non-hydrogen) atoms. The maximum absolute atomic E-state index is 8.89. The van der Waals surface area contributed by atoms with E-state index in [1.165, 1.54) is 6.42 Å². The van der Waals surface area contributed by atoms with Gasteiger partial charge in [0.15, 0.2) is 0 Å². The number of hydrogen-bond acceptors (Lipinski definition) is 2. The standard InChI is InChI=1S/C10H18O2/c11-8-6-10(7-9-12)4-2-1-3-5-10/h2,4,11-12H,1,3,5-9H2. The largest absolute Gasteiger partial charge is 0.396 e. The normalized spacial score (nSPS) is 21.2. The Hall–Kier alpha value is -0.340. The van der Waals surface area contributed by atoms with Gasteiger partial charge in [0, 0.05) is 13.2 Å². The fourth-order valence-corrected chi connectivity index (χ4v) is 1.98. The van der Waals surface area contributed by atoms with Crippen LogP contribution in [0.1, 0.15) is 32.1 Å². The van der Waals surface area contributed by atoms with Crippen molar-refractivity contribution in [2.75, 3.05) is 13.2 Å². The van der Waals surface area contributed by atoms with Gasteiger partial charge in [-0.15, -0.1) is 0 Å². The molecule has 2 N–H and O–H groups in total. The highest BCUT2D eigenvalue weighted by atomic mass is 16.3. The SMILES string of the molecule is OCCC1(CCO)C=CCCC1. The van der Waals surface area contributed by atoms with Gasteiger partial charge in [0.05, 0.1) is 0 Å². The van der Waals surface area contributed by atoms with Crippen LogP contribution >= 0.6 is 0 Å². The minimum absolute atomic E-state index is 0.0990. The molecule has 0 unspecified atom stereocenters. The maximum Gasteiger partial charge on any atom is 0.0439 e. The van der Waals surface area contributed by atoms with Crippen molar-refractivity contribution in [3.05, 3.63) is 12.2 Å². The van der Waals surface area contributed by atoms with Crippen LogP contribution in [0.25, 0.3) is 0 Å². The lowest BCUT2D eigenvalue weighted by atomic mass is 9.74. The Labute approximate surface area is 73.9 Å². The average Bonchev–Trinajstić information content (AvgIpc) is 2.07. The molecule has 0 spiro atoms. The third-order valence-corrected chi connectivity index (χ3v) is 2.74. The van der Waals surface area contributed by atoms with Crippen LogP contribution in [0.5, 0.6) is 0 Å². The molecule has 0 bridgehead atoms. The minimum atomic E-state index is 0.0990. The number of rotatable bonds is 4. The number of allylic oxidation sites excluding steroid dienone is 2. The first-order valence-electron chi connectivity index (χ1n) is 4.72. The molecule has 0 radical (unpaired) electrons. The lowest BCUT2D eigenvalue weighted by molar-refractivity contribution is 0.157. The Morgan fingerprint density at radius 3 is 2.25 bits per heavy atom. The summed E-state index contributed by atoms with van der Waals surface area (Å²) in [5.74, 6) is 0. The summed E-state index contributed by atoms with van der Waals surface area (Å²) in [5, 5.41) is 17.8. The highest BCUT2D eigenvalue weighted by Crippen LogP contribution is 2.37. The topological polar surface area (TPSA) is 40.5 Å². The highest BCUT2D eigenvalue weighted by Gasteiger charge is 2.26. The zero-order chi connectivity index (χ0) is 8.86. The van der Waals surface area contributed by atoms with E-state index in [0.29, 0.717) is 0 Å². The second-order valence-corrected chi connectivity index (χ2v) is 3.60. The van der Waals surface area contributed by atoms with Crippen molar-refractivity contribution >= 4 is 0 Å². The summed E-state index contributed by atoms with van der Waals surface area (Å²) >= 11 is 0. The van der Waals surface area contributed by atoms with Gasteiger partial charge in [0.2, 0.25) is 0 Å². The average molecular weight is 170 g/mol. The van der Waals surface area contributed by atoms with Crippen molar-refractivity contribution in [3.63, 3.8) is 0 Å². The first-order valence-corrected chi connectivity index (χ1v) is 4.72. The molecule has 0 amide bonds. The molecule has 2 heteroatoms. The van der Waals surface area contributed by atoms with E-state index in [1.807, 2.05) is 0 Å². The summed E-state index contributed by atoms with van der Waals surface area (Å²) in [5.41, 5.74) is 0.0990. The molecule has 1 rings (SSSR count). The van der Waals surface area contributed by atoms with E-state index in [1.54, 1.807) is 0 Å². The molecule has 70 valence electrons. The van der Waals surface area contributed by atoms with Gasteiger partial charge in [-0.1, -0.05) is 12.2 Å².